The van der Waals surface area contributed by atoms with E-state index in [1.807, 2.05) is 38.1 Å². The molecule has 0 fully saturated rings. The summed E-state index contributed by atoms with van der Waals surface area (Å²) >= 11 is 0. The van der Waals surface area contributed by atoms with Gasteiger partial charge in [0, 0.05) is 12.2 Å². The van der Waals surface area contributed by atoms with Crippen molar-refractivity contribution in [3.05, 3.63) is 69.1 Å². The molecule has 2 aromatic rings. The van der Waals surface area contributed by atoms with Gasteiger partial charge in [0.1, 0.15) is 5.56 Å². The molecule has 2 N–H and O–H groups in total. The molecule has 1 aromatic heterocycles. The predicted molar refractivity (Wildman–Crippen MR) is 89.5 cm³/mol. The second-order valence-corrected chi connectivity index (χ2v) is 5.65. The lowest BCUT2D eigenvalue weighted by atomic mass is 10.1. The Morgan fingerprint density at radius 3 is 2.39 bits per heavy atom. The molecule has 0 aliphatic heterocycles. The molecule has 0 bridgehead atoms. The van der Waals surface area contributed by atoms with Crippen LogP contribution in [0.2, 0.25) is 0 Å². The topological polar surface area (TPSA) is 73.4 Å². The average Bonchev–Trinajstić information content (AvgIpc) is 2.52. The smallest absolute Gasteiger partial charge is 0.260 e. The number of aryl methyl sites for hydroxylation is 2. The molecule has 1 atom stereocenters. The van der Waals surface area contributed by atoms with Crippen LogP contribution in [-0.4, -0.2) is 34.0 Å². The highest BCUT2D eigenvalue weighted by Gasteiger charge is 2.21. The van der Waals surface area contributed by atoms with E-state index in [4.69, 9.17) is 0 Å². The van der Waals surface area contributed by atoms with Crippen molar-refractivity contribution in [3.63, 3.8) is 0 Å². The van der Waals surface area contributed by atoms with Gasteiger partial charge in [0.05, 0.1) is 12.6 Å². The largest absolute Gasteiger partial charge is 0.387 e. The summed E-state index contributed by atoms with van der Waals surface area (Å²) in [5, 5.41) is 10.3. The molecule has 0 aliphatic carbocycles. The van der Waals surface area contributed by atoms with Crippen molar-refractivity contribution in [2.45, 2.75) is 26.9 Å². The second kappa shape index (κ2) is 7.24. The van der Waals surface area contributed by atoms with Crippen LogP contribution in [0.25, 0.3) is 0 Å². The van der Waals surface area contributed by atoms with E-state index < -0.39 is 11.7 Å². The number of carbonyl (C=O) groups is 1. The molecule has 2 rings (SSSR count). The van der Waals surface area contributed by atoms with Gasteiger partial charge < -0.3 is 15.0 Å². The third-order valence-corrected chi connectivity index (χ3v) is 3.81. The minimum atomic E-state index is -0.788. The van der Waals surface area contributed by atoms with E-state index in [1.54, 1.807) is 13.0 Å². The van der Waals surface area contributed by atoms with Crippen molar-refractivity contribution in [1.82, 2.24) is 9.88 Å². The molecular weight excluding hydrogens is 292 g/mol. The fourth-order valence-corrected chi connectivity index (χ4v) is 2.37. The lowest BCUT2D eigenvalue weighted by Crippen LogP contribution is -2.37. The van der Waals surface area contributed by atoms with E-state index in [0.29, 0.717) is 12.2 Å². The number of H-pyrrole nitrogens is 1. The fourth-order valence-electron chi connectivity index (χ4n) is 2.37. The first kappa shape index (κ1) is 17.0. The number of likely N-dealkylation sites (N-methyl/N-ethyl adjacent to an activating group) is 1. The number of benzene rings is 1. The lowest BCUT2D eigenvalue weighted by molar-refractivity contribution is 0.0633. The van der Waals surface area contributed by atoms with Gasteiger partial charge in [0.15, 0.2) is 0 Å². The summed E-state index contributed by atoms with van der Waals surface area (Å²) in [4.78, 5) is 28.6. The Bertz CT molecular complexity index is 735. The van der Waals surface area contributed by atoms with Crippen LogP contribution in [0.15, 0.2) is 41.2 Å². The Kier molecular flexibility index (Phi) is 5.34. The summed E-state index contributed by atoms with van der Waals surface area (Å²) in [7, 11) is 0. The van der Waals surface area contributed by atoms with E-state index >= 15 is 0 Å². The third kappa shape index (κ3) is 4.07. The van der Waals surface area contributed by atoms with Gasteiger partial charge in [-0.15, -0.1) is 0 Å². The van der Waals surface area contributed by atoms with Crippen LogP contribution in [0.4, 0.5) is 0 Å². The van der Waals surface area contributed by atoms with E-state index in [0.717, 1.165) is 11.1 Å². The average molecular weight is 314 g/mol. The van der Waals surface area contributed by atoms with E-state index in [1.165, 1.54) is 11.0 Å². The van der Waals surface area contributed by atoms with Crippen molar-refractivity contribution in [1.29, 1.82) is 0 Å². The van der Waals surface area contributed by atoms with Gasteiger partial charge in [-0.05, 0) is 38.5 Å². The molecule has 0 spiro atoms. The van der Waals surface area contributed by atoms with Crippen LogP contribution in [-0.2, 0) is 0 Å². The quantitative estimate of drug-likeness (QED) is 0.888. The molecule has 122 valence electrons. The van der Waals surface area contributed by atoms with Gasteiger partial charge in [-0.2, -0.15) is 0 Å². The SMILES string of the molecule is CCN(CC(O)c1ccc(C)cc1)C(=O)c1ccc(C)[nH]c1=O. The predicted octanol–water partition coefficient (Wildman–Crippen LogP) is 2.19. The zero-order valence-electron chi connectivity index (χ0n) is 13.7. The molecule has 5 nitrogen and oxygen atoms in total. The van der Waals surface area contributed by atoms with Gasteiger partial charge in [-0.1, -0.05) is 29.8 Å². The zero-order chi connectivity index (χ0) is 17.0. The van der Waals surface area contributed by atoms with Gasteiger partial charge in [-0.3, -0.25) is 9.59 Å². The molecule has 1 aromatic carbocycles. The summed E-state index contributed by atoms with van der Waals surface area (Å²) in [6.45, 7) is 6.11. The molecule has 23 heavy (non-hydrogen) atoms. The Labute approximate surface area is 135 Å². The molecule has 1 heterocycles. The number of aliphatic hydroxyl groups is 1. The van der Waals surface area contributed by atoms with Crippen molar-refractivity contribution < 1.29 is 9.90 Å². The number of amides is 1. The monoisotopic (exact) mass is 314 g/mol. The summed E-state index contributed by atoms with van der Waals surface area (Å²) in [5.74, 6) is -0.375. The van der Waals surface area contributed by atoms with Crippen LogP contribution in [0.5, 0.6) is 0 Å². The number of aromatic amines is 1. The van der Waals surface area contributed by atoms with Crippen LogP contribution in [0.1, 0.15) is 40.2 Å². The van der Waals surface area contributed by atoms with E-state index in [2.05, 4.69) is 4.98 Å². The van der Waals surface area contributed by atoms with Crippen LogP contribution < -0.4 is 5.56 Å². The van der Waals surface area contributed by atoms with Crippen molar-refractivity contribution in [3.8, 4) is 0 Å². The number of aromatic nitrogens is 1. The zero-order valence-corrected chi connectivity index (χ0v) is 13.7. The summed E-state index contributed by atoms with van der Waals surface area (Å²) in [5.41, 5.74) is 2.25. The second-order valence-electron chi connectivity index (χ2n) is 5.65. The number of rotatable bonds is 5. The normalized spacial score (nSPS) is 12.0. The molecule has 5 heteroatoms. The van der Waals surface area contributed by atoms with Crippen molar-refractivity contribution in [2.24, 2.45) is 0 Å². The Balaban J connectivity index is 2.17. The summed E-state index contributed by atoms with van der Waals surface area (Å²) in [6.07, 6.45) is -0.788. The Morgan fingerprint density at radius 1 is 1.17 bits per heavy atom. The molecule has 1 amide bonds. The van der Waals surface area contributed by atoms with Crippen molar-refractivity contribution >= 4 is 5.91 Å². The number of nitrogens with zero attached hydrogens (tertiary/aromatic N) is 1. The maximum atomic E-state index is 12.5. The highest BCUT2D eigenvalue weighted by atomic mass is 16.3. The summed E-state index contributed by atoms with van der Waals surface area (Å²) < 4.78 is 0. The first-order valence-electron chi connectivity index (χ1n) is 7.66. The highest BCUT2D eigenvalue weighted by Crippen LogP contribution is 2.16. The lowest BCUT2D eigenvalue weighted by Gasteiger charge is -2.24. The van der Waals surface area contributed by atoms with Gasteiger partial charge in [0.25, 0.3) is 11.5 Å². The molecule has 1 unspecified atom stereocenters. The number of hydrogen-bond donors (Lipinski definition) is 2. The van der Waals surface area contributed by atoms with Gasteiger partial charge in [-0.25, -0.2) is 0 Å². The minimum Gasteiger partial charge on any atom is -0.387 e. The molecule has 0 aliphatic rings. The van der Waals surface area contributed by atoms with Crippen molar-refractivity contribution in [2.75, 3.05) is 13.1 Å². The summed E-state index contributed by atoms with van der Waals surface area (Å²) in [6, 6.07) is 10.7. The molecule has 0 saturated heterocycles. The number of carbonyl (C=O) groups excluding carboxylic acids is 1. The number of aliphatic hydroxyl groups excluding tert-OH is 1. The maximum Gasteiger partial charge on any atom is 0.260 e. The number of hydrogen-bond acceptors (Lipinski definition) is 3. The molecular formula is C18H22N2O3. The van der Waals surface area contributed by atoms with Crippen LogP contribution >= 0.6 is 0 Å². The molecule has 0 radical (unpaired) electrons. The standard InChI is InChI=1S/C18H22N2O3/c1-4-20(11-16(21)14-8-5-12(2)6-9-14)18(23)15-10-7-13(3)19-17(15)22/h5-10,16,21H,4,11H2,1-3H3,(H,19,22). The Hall–Kier alpha value is -2.40. The third-order valence-electron chi connectivity index (χ3n) is 3.81. The first-order valence-corrected chi connectivity index (χ1v) is 7.66. The van der Waals surface area contributed by atoms with E-state index in [9.17, 15) is 14.7 Å². The fraction of sp³-hybridized carbons (Fsp3) is 0.333. The van der Waals surface area contributed by atoms with Crippen LogP contribution in [0.3, 0.4) is 0 Å². The Morgan fingerprint density at radius 2 is 1.83 bits per heavy atom. The van der Waals surface area contributed by atoms with Crippen LogP contribution in [0, 0.1) is 13.8 Å². The first-order chi connectivity index (χ1) is 10.9. The van der Waals surface area contributed by atoms with Gasteiger partial charge >= 0.3 is 0 Å². The number of nitrogens with one attached hydrogen (secondary N) is 1. The maximum absolute atomic E-state index is 12.5. The highest BCUT2D eigenvalue weighted by molar-refractivity contribution is 5.93. The van der Waals surface area contributed by atoms with E-state index in [-0.39, 0.29) is 18.0 Å². The minimum absolute atomic E-state index is 0.0913. The molecule has 0 saturated carbocycles. The van der Waals surface area contributed by atoms with Gasteiger partial charge in [0.2, 0.25) is 0 Å². The number of pyridine rings is 1.